The van der Waals surface area contributed by atoms with E-state index in [1.807, 2.05) is 6.92 Å². The Morgan fingerprint density at radius 3 is 2.55 bits per heavy atom. The van der Waals surface area contributed by atoms with Crippen molar-refractivity contribution in [2.45, 2.75) is 52.1 Å². The summed E-state index contributed by atoms with van der Waals surface area (Å²) in [5.74, 6) is 1.47. The van der Waals surface area contributed by atoms with Crippen LogP contribution >= 0.6 is 0 Å². The molecule has 0 spiro atoms. The fourth-order valence-electron chi connectivity index (χ4n) is 2.00. The first-order valence-corrected chi connectivity index (χ1v) is 4.88. The molecule has 66 valence electrons. The molecule has 0 aliphatic heterocycles. The van der Waals surface area contributed by atoms with Crippen molar-refractivity contribution >= 4 is 0 Å². The van der Waals surface area contributed by atoms with Crippen LogP contribution in [0.15, 0.2) is 0 Å². The Morgan fingerprint density at radius 1 is 1.18 bits per heavy atom. The lowest BCUT2D eigenvalue weighted by Crippen LogP contribution is -2.15. The lowest BCUT2D eigenvalue weighted by atomic mass is 9.95. The summed E-state index contributed by atoms with van der Waals surface area (Å²) in [5.41, 5.74) is 0. The third-order valence-electron chi connectivity index (χ3n) is 2.98. The number of hydrogen-bond acceptors (Lipinski definition) is 1. The monoisotopic (exact) mass is 156 g/mol. The Morgan fingerprint density at radius 2 is 1.91 bits per heavy atom. The van der Waals surface area contributed by atoms with Crippen LogP contribution in [0, 0.1) is 11.8 Å². The van der Waals surface area contributed by atoms with Crippen LogP contribution in [-0.4, -0.2) is 11.2 Å². The summed E-state index contributed by atoms with van der Waals surface area (Å²) >= 11 is 0. The highest BCUT2D eigenvalue weighted by Gasteiger charge is 2.19. The van der Waals surface area contributed by atoms with Gasteiger partial charge in [0.05, 0.1) is 6.10 Å². The van der Waals surface area contributed by atoms with Crippen LogP contribution < -0.4 is 0 Å². The lowest BCUT2D eigenvalue weighted by Gasteiger charge is -2.16. The summed E-state index contributed by atoms with van der Waals surface area (Å²) < 4.78 is 0. The van der Waals surface area contributed by atoms with Gasteiger partial charge >= 0.3 is 0 Å². The van der Waals surface area contributed by atoms with E-state index in [-0.39, 0.29) is 6.10 Å². The Hall–Kier alpha value is -0.0400. The minimum absolute atomic E-state index is 0.0831. The minimum Gasteiger partial charge on any atom is -0.393 e. The van der Waals surface area contributed by atoms with E-state index in [1.54, 1.807) is 0 Å². The second-order valence-electron chi connectivity index (χ2n) is 4.11. The maximum Gasteiger partial charge on any atom is 0.0540 e. The molecule has 0 radical (unpaired) electrons. The van der Waals surface area contributed by atoms with Crippen molar-refractivity contribution < 1.29 is 5.11 Å². The summed E-state index contributed by atoms with van der Waals surface area (Å²) in [4.78, 5) is 0. The zero-order valence-corrected chi connectivity index (χ0v) is 7.71. The maximum atomic E-state index is 9.39. The van der Waals surface area contributed by atoms with E-state index in [2.05, 4.69) is 6.92 Å². The van der Waals surface area contributed by atoms with E-state index in [0.717, 1.165) is 5.92 Å². The van der Waals surface area contributed by atoms with Crippen LogP contribution in [0.1, 0.15) is 46.0 Å². The van der Waals surface area contributed by atoms with Crippen LogP contribution in [-0.2, 0) is 0 Å². The molecule has 1 nitrogen and oxygen atoms in total. The first-order chi connectivity index (χ1) is 5.20. The van der Waals surface area contributed by atoms with Gasteiger partial charge in [0, 0.05) is 0 Å². The average molecular weight is 156 g/mol. The van der Waals surface area contributed by atoms with Gasteiger partial charge in [-0.15, -0.1) is 0 Å². The molecule has 0 amide bonds. The molecule has 1 saturated carbocycles. The van der Waals surface area contributed by atoms with Gasteiger partial charge in [-0.05, 0) is 31.6 Å². The standard InChI is InChI=1S/C10H20O/c1-8-4-3-5-10(7-6-8)9(2)11/h8-11H,3-7H2,1-2H3. The average Bonchev–Trinajstić information content (AvgIpc) is 2.13. The van der Waals surface area contributed by atoms with Crippen molar-refractivity contribution in [3.8, 4) is 0 Å². The summed E-state index contributed by atoms with van der Waals surface area (Å²) in [5, 5.41) is 9.39. The van der Waals surface area contributed by atoms with E-state index in [9.17, 15) is 5.11 Å². The molecule has 0 heterocycles. The molecule has 1 aliphatic carbocycles. The van der Waals surface area contributed by atoms with Gasteiger partial charge in [0.25, 0.3) is 0 Å². The fourth-order valence-corrected chi connectivity index (χ4v) is 2.00. The molecule has 0 aromatic heterocycles. The zero-order chi connectivity index (χ0) is 8.27. The number of aliphatic hydroxyl groups excluding tert-OH is 1. The molecule has 0 bridgehead atoms. The van der Waals surface area contributed by atoms with E-state index in [4.69, 9.17) is 0 Å². The quantitative estimate of drug-likeness (QED) is 0.578. The van der Waals surface area contributed by atoms with Gasteiger partial charge in [0.15, 0.2) is 0 Å². The number of rotatable bonds is 1. The Bertz CT molecular complexity index is 109. The van der Waals surface area contributed by atoms with Crippen LogP contribution in [0.4, 0.5) is 0 Å². The molecule has 1 fully saturated rings. The molecule has 3 atom stereocenters. The summed E-state index contributed by atoms with van der Waals surface area (Å²) in [6, 6.07) is 0. The molecular formula is C10H20O. The third-order valence-corrected chi connectivity index (χ3v) is 2.98. The van der Waals surface area contributed by atoms with Crippen LogP contribution in [0.3, 0.4) is 0 Å². The predicted molar refractivity (Wildman–Crippen MR) is 47.4 cm³/mol. The molecular weight excluding hydrogens is 136 g/mol. The molecule has 1 N–H and O–H groups in total. The molecule has 1 aliphatic rings. The Kier molecular flexibility index (Phi) is 3.38. The summed E-state index contributed by atoms with van der Waals surface area (Å²) in [6.45, 7) is 4.26. The smallest absolute Gasteiger partial charge is 0.0540 e. The molecule has 1 heteroatoms. The molecule has 0 aromatic rings. The lowest BCUT2D eigenvalue weighted by molar-refractivity contribution is 0.115. The Labute approximate surface area is 69.8 Å². The molecule has 0 aromatic carbocycles. The topological polar surface area (TPSA) is 20.2 Å². The SMILES string of the molecule is CC1CCCC(C(C)O)CC1. The van der Waals surface area contributed by atoms with Gasteiger partial charge in [-0.2, -0.15) is 0 Å². The highest BCUT2D eigenvalue weighted by Crippen LogP contribution is 2.28. The van der Waals surface area contributed by atoms with Crippen LogP contribution in [0.5, 0.6) is 0 Å². The van der Waals surface area contributed by atoms with Crippen molar-refractivity contribution in [2.75, 3.05) is 0 Å². The highest BCUT2D eigenvalue weighted by atomic mass is 16.3. The van der Waals surface area contributed by atoms with E-state index in [1.165, 1.54) is 32.1 Å². The molecule has 1 rings (SSSR count). The fraction of sp³-hybridized carbons (Fsp3) is 1.00. The largest absolute Gasteiger partial charge is 0.393 e. The van der Waals surface area contributed by atoms with E-state index >= 15 is 0 Å². The van der Waals surface area contributed by atoms with E-state index < -0.39 is 0 Å². The predicted octanol–water partition coefficient (Wildman–Crippen LogP) is 2.58. The number of aliphatic hydroxyl groups is 1. The highest BCUT2D eigenvalue weighted by molar-refractivity contribution is 4.71. The summed E-state index contributed by atoms with van der Waals surface area (Å²) in [7, 11) is 0. The van der Waals surface area contributed by atoms with Gasteiger partial charge in [-0.25, -0.2) is 0 Å². The van der Waals surface area contributed by atoms with Gasteiger partial charge in [0.1, 0.15) is 0 Å². The van der Waals surface area contributed by atoms with Crippen LogP contribution in [0.2, 0.25) is 0 Å². The molecule has 0 saturated heterocycles. The Balaban J connectivity index is 2.34. The first-order valence-electron chi connectivity index (χ1n) is 4.88. The zero-order valence-electron chi connectivity index (χ0n) is 7.71. The van der Waals surface area contributed by atoms with Crippen LogP contribution in [0.25, 0.3) is 0 Å². The van der Waals surface area contributed by atoms with Crippen molar-refractivity contribution in [3.05, 3.63) is 0 Å². The maximum absolute atomic E-state index is 9.39. The van der Waals surface area contributed by atoms with Gasteiger partial charge in [0.2, 0.25) is 0 Å². The number of hydrogen-bond donors (Lipinski definition) is 1. The van der Waals surface area contributed by atoms with Crippen molar-refractivity contribution in [3.63, 3.8) is 0 Å². The summed E-state index contributed by atoms with van der Waals surface area (Å²) in [6.07, 6.45) is 6.39. The first kappa shape index (κ1) is 9.05. The van der Waals surface area contributed by atoms with Gasteiger partial charge in [-0.3, -0.25) is 0 Å². The third kappa shape index (κ3) is 2.82. The second kappa shape index (κ2) is 4.10. The molecule has 11 heavy (non-hydrogen) atoms. The molecule has 3 unspecified atom stereocenters. The second-order valence-corrected chi connectivity index (χ2v) is 4.11. The van der Waals surface area contributed by atoms with Crippen molar-refractivity contribution in [1.29, 1.82) is 0 Å². The van der Waals surface area contributed by atoms with Gasteiger partial charge in [-0.1, -0.05) is 26.2 Å². The minimum atomic E-state index is -0.0831. The van der Waals surface area contributed by atoms with E-state index in [0.29, 0.717) is 5.92 Å². The normalized spacial score (nSPS) is 36.3. The van der Waals surface area contributed by atoms with Gasteiger partial charge < -0.3 is 5.11 Å². The van der Waals surface area contributed by atoms with Crippen molar-refractivity contribution in [2.24, 2.45) is 11.8 Å². The van der Waals surface area contributed by atoms with Crippen molar-refractivity contribution in [1.82, 2.24) is 0 Å².